The molecule has 0 atom stereocenters. The number of rotatable bonds is 6. The first-order valence-corrected chi connectivity index (χ1v) is 9.63. The summed E-state index contributed by atoms with van der Waals surface area (Å²) in [6.07, 6.45) is 5.82. The van der Waals surface area contributed by atoms with Crippen molar-refractivity contribution >= 4 is 16.7 Å². The number of nitrogens with zero attached hydrogens (tertiary/aromatic N) is 4. The number of hydrogen-bond donors (Lipinski definition) is 0. The summed E-state index contributed by atoms with van der Waals surface area (Å²) in [4.78, 5) is 6.65. The van der Waals surface area contributed by atoms with E-state index in [2.05, 4.69) is 51.0 Å². The maximum Gasteiger partial charge on any atom is 0.129 e. The predicted octanol–water partition coefficient (Wildman–Crippen LogP) is 3.60. The maximum atomic E-state index is 8.91. The molecular formula is C22H24N4O2. The smallest absolute Gasteiger partial charge is 0.129 e. The molecule has 1 aliphatic heterocycles. The molecule has 0 N–H and O–H groups in total. The molecule has 0 spiro atoms. The second-order valence-electron chi connectivity index (χ2n) is 7.01. The molecule has 1 aliphatic rings. The van der Waals surface area contributed by atoms with Gasteiger partial charge in [-0.05, 0) is 30.3 Å². The Morgan fingerprint density at radius 3 is 2.75 bits per heavy atom. The van der Waals surface area contributed by atoms with Gasteiger partial charge in [0.1, 0.15) is 23.7 Å². The molecule has 144 valence electrons. The fourth-order valence-corrected chi connectivity index (χ4v) is 3.70. The molecule has 1 saturated heterocycles. The van der Waals surface area contributed by atoms with E-state index in [0.29, 0.717) is 12.2 Å². The minimum Gasteiger partial charge on any atom is -0.490 e. The summed E-state index contributed by atoms with van der Waals surface area (Å²) in [7, 11) is 1.72. The molecule has 0 saturated carbocycles. The Bertz CT molecular complexity index is 966. The van der Waals surface area contributed by atoms with Crippen molar-refractivity contribution in [1.82, 2.24) is 9.55 Å². The predicted molar refractivity (Wildman–Crippen MR) is 109 cm³/mol. The zero-order valence-corrected chi connectivity index (χ0v) is 16.0. The minimum absolute atomic E-state index is 0.197. The SMILES string of the molecule is COCCn1ccc2c(OC3CCN(c4ccc(C#N)cn4)CC3)cccc21. The molecule has 1 aromatic carbocycles. The summed E-state index contributed by atoms with van der Waals surface area (Å²) in [5, 5.41) is 10.1. The summed E-state index contributed by atoms with van der Waals surface area (Å²) >= 11 is 0. The Morgan fingerprint density at radius 2 is 2.04 bits per heavy atom. The number of fused-ring (bicyclic) bond motifs is 1. The normalized spacial score (nSPS) is 14.9. The molecule has 0 unspecified atom stereocenters. The average Bonchev–Trinajstić information content (AvgIpc) is 3.17. The highest BCUT2D eigenvalue weighted by Crippen LogP contribution is 2.29. The first kappa shape index (κ1) is 18.3. The minimum atomic E-state index is 0.197. The number of nitriles is 1. The maximum absolute atomic E-state index is 8.91. The van der Waals surface area contributed by atoms with Crippen molar-refractivity contribution in [2.45, 2.75) is 25.5 Å². The monoisotopic (exact) mass is 376 g/mol. The lowest BCUT2D eigenvalue weighted by atomic mass is 10.1. The van der Waals surface area contributed by atoms with Gasteiger partial charge in [0.05, 0.1) is 17.7 Å². The molecule has 3 heterocycles. The van der Waals surface area contributed by atoms with Crippen LogP contribution < -0.4 is 9.64 Å². The number of pyridine rings is 1. The van der Waals surface area contributed by atoms with Crippen LogP contribution in [-0.4, -0.2) is 42.5 Å². The van der Waals surface area contributed by atoms with Crippen LogP contribution in [0.3, 0.4) is 0 Å². The Labute approximate surface area is 164 Å². The Kier molecular flexibility index (Phi) is 5.45. The van der Waals surface area contributed by atoms with Gasteiger partial charge in [-0.15, -0.1) is 0 Å². The molecule has 28 heavy (non-hydrogen) atoms. The molecule has 0 aliphatic carbocycles. The van der Waals surface area contributed by atoms with Gasteiger partial charge in [-0.25, -0.2) is 4.98 Å². The van der Waals surface area contributed by atoms with E-state index in [4.69, 9.17) is 14.7 Å². The van der Waals surface area contributed by atoms with Crippen molar-refractivity contribution in [3.8, 4) is 11.8 Å². The van der Waals surface area contributed by atoms with E-state index in [1.165, 1.54) is 5.52 Å². The van der Waals surface area contributed by atoms with E-state index >= 15 is 0 Å². The second-order valence-corrected chi connectivity index (χ2v) is 7.01. The number of anilines is 1. The van der Waals surface area contributed by atoms with E-state index in [9.17, 15) is 0 Å². The summed E-state index contributed by atoms with van der Waals surface area (Å²) in [6, 6.07) is 14.2. The van der Waals surface area contributed by atoms with Crippen molar-refractivity contribution in [3.05, 3.63) is 54.4 Å². The number of piperidine rings is 1. The number of ether oxygens (including phenoxy) is 2. The van der Waals surface area contributed by atoms with Gasteiger partial charge in [-0.3, -0.25) is 0 Å². The van der Waals surface area contributed by atoms with Crippen LogP contribution in [0.2, 0.25) is 0 Å². The molecule has 0 bridgehead atoms. The van der Waals surface area contributed by atoms with Gasteiger partial charge in [0.2, 0.25) is 0 Å². The van der Waals surface area contributed by atoms with Gasteiger partial charge in [0.25, 0.3) is 0 Å². The number of methoxy groups -OCH3 is 1. The Morgan fingerprint density at radius 1 is 1.18 bits per heavy atom. The van der Waals surface area contributed by atoms with Crippen LogP contribution >= 0.6 is 0 Å². The molecule has 2 aromatic heterocycles. The standard InChI is InChI=1S/C22H24N4O2/c1-27-14-13-25-12-9-19-20(25)3-2-4-21(19)28-18-7-10-26(11-8-18)22-6-5-17(15-23)16-24-22/h2-6,9,12,16,18H,7-8,10-11,13-14H2,1H3. The highest BCUT2D eigenvalue weighted by Gasteiger charge is 2.22. The first-order chi connectivity index (χ1) is 13.8. The van der Waals surface area contributed by atoms with Crippen molar-refractivity contribution in [1.29, 1.82) is 5.26 Å². The zero-order valence-electron chi connectivity index (χ0n) is 16.0. The van der Waals surface area contributed by atoms with Crippen LogP contribution in [0, 0.1) is 11.3 Å². The number of benzene rings is 1. The van der Waals surface area contributed by atoms with Gasteiger partial charge in [0, 0.05) is 57.4 Å². The van der Waals surface area contributed by atoms with E-state index < -0.39 is 0 Å². The van der Waals surface area contributed by atoms with Crippen LogP contribution in [0.5, 0.6) is 5.75 Å². The molecule has 0 radical (unpaired) electrons. The molecule has 4 rings (SSSR count). The van der Waals surface area contributed by atoms with Gasteiger partial charge in [-0.1, -0.05) is 6.07 Å². The van der Waals surface area contributed by atoms with Crippen molar-refractivity contribution < 1.29 is 9.47 Å². The lowest BCUT2D eigenvalue weighted by Crippen LogP contribution is -2.38. The van der Waals surface area contributed by atoms with Gasteiger partial charge in [-0.2, -0.15) is 5.26 Å². The van der Waals surface area contributed by atoms with Crippen molar-refractivity contribution in [2.24, 2.45) is 0 Å². The molecule has 0 amide bonds. The zero-order chi connectivity index (χ0) is 19.3. The van der Waals surface area contributed by atoms with Crippen LogP contribution in [0.4, 0.5) is 5.82 Å². The lowest BCUT2D eigenvalue weighted by molar-refractivity contribution is 0.173. The molecule has 6 nitrogen and oxygen atoms in total. The Balaban J connectivity index is 1.40. The lowest BCUT2D eigenvalue weighted by Gasteiger charge is -2.33. The summed E-state index contributed by atoms with van der Waals surface area (Å²) in [6.45, 7) is 3.32. The third-order valence-electron chi connectivity index (χ3n) is 5.25. The number of aromatic nitrogens is 2. The van der Waals surface area contributed by atoms with Crippen molar-refractivity contribution in [3.63, 3.8) is 0 Å². The fourth-order valence-electron chi connectivity index (χ4n) is 3.70. The number of hydrogen-bond acceptors (Lipinski definition) is 5. The van der Waals surface area contributed by atoms with Crippen LogP contribution in [0.15, 0.2) is 48.8 Å². The van der Waals surface area contributed by atoms with Gasteiger partial charge >= 0.3 is 0 Å². The van der Waals surface area contributed by atoms with E-state index in [1.54, 1.807) is 13.3 Å². The van der Waals surface area contributed by atoms with Crippen LogP contribution in [0.25, 0.3) is 10.9 Å². The average molecular weight is 376 g/mol. The molecule has 1 fully saturated rings. The molecular weight excluding hydrogens is 352 g/mol. The summed E-state index contributed by atoms with van der Waals surface area (Å²) in [5.41, 5.74) is 1.77. The third kappa shape index (κ3) is 3.80. The molecule has 3 aromatic rings. The summed E-state index contributed by atoms with van der Waals surface area (Å²) < 4.78 is 13.8. The van der Waals surface area contributed by atoms with Gasteiger partial charge in [0.15, 0.2) is 0 Å². The van der Waals surface area contributed by atoms with Crippen LogP contribution in [-0.2, 0) is 11.3 Å². The van der Waals surface area contributed by atoms with Crippen LogP contribution in [0.1, 0.15) is 18.4 Å². The van der Waals surface area contributed by atoms with Gasteiger partial charge < -0.3 is 18.9 Å². The topological polar surface area (TPSA) is 63.3 Å². The van der Waals surface area contributed by atoms with E-state index in [0.717, 1.165) is 49.4 Å². The highest BCUT2D eigenvalue weighted by molar-refractivity contribution is 5.86. The highest BCUT2D eigenvalue weighted by atomic mass is 16.5. The quantitative estimate of drug-likeness (QED) is 0.658. The third-order valence-corrected chi connectivity index (χ3v) is 5.25. The first-order valence-electron chi connectivity index (χ1n) is 9.63. The fraction of sp³-hybridized carbons (Fsp3) is 0.364. The van der Waals surface area contributed by atoms with E-state index in [1.807, 2.05) is 12.1 Å². The summed E-state index contributed by atoms with van der Waals surface area (Å²) in [5.74, 6) is 1.87. The Hall–Kier alpha value is -3.04. The largest absolute Gasteiger partial charge is 0.490 e. The van der Waals surface area contributed by atoms with E-state index in [-0.39, 0.29) is 6.10 Å². The second kappa shape index (κ2) is 8.32. The molecule has 6 heteroatoms. The van der Waals surface area contributed by atoms with Crippen molar-refractivity contribution in [2.75, 3.05) is 31.7 Å².